The Balaban J connectivity index is 1.59. The molecule has 1 aromatic heterocycles. The van der Waals surface area contributed by atoms with E-state index in [1.54, 1.807) is 20.3 Å². The zero-order chi connectivity index (χ0) is 25.4. The molecule has 1 N–H and O–H groups in total. The molecule has 36 heavy (non-hydrogen) atoms. The maximum atomic E-state index is 13.5. The van der Waals surface area contributed by atoms with E-state index >= 15 is 0 Å². The van der Waals surface area contributed by atoms with Crippen molar-refractivity contribution in [2.24, 2.45) is 0 Å². The van der Waals surface area contributed by atoms with Gasteiger partial charge >= 0.3 is 0 Å². The first kappa shape index (κ1) is 23.3. The first-order chi connectivity index (χ1) is 17.4. The molecular weight excluding hydrogens is 460 g/mol. The van der Waals surface area contributed by atoms with Crippen LogP contribution in [0.5, 0.6) is 5.75 Å². The van der Waals surface area contributed by atoms with Crippen LogP contribution in [0.2, 0.25) is 0 Å². The standard InChI is InChI=1S/C30H23F2NO3/c1-17(13-28(34)33-20-11-12-26(31)27(32)14-20)23-15-24-25(16-36-30(24)18(2)29(23)35-3)22-10-6-8-19-7-4-5-9-21(19)22/h4-16H,1-3H3,(H,33,34)/b17-13+. The maximum Gasteiger partial charge on any atom is 0.248 e. The van der Waals surface area contributed by atoms with Gasteiger partial charge in [-0.1, -0.05) is 42.5 Å². The summed E-state index contributed by atoms with van der Waals surface area (Å²) in [7, 11) is 1.57. The van der Waals surface area contributed by atoms with E-state index in [-0.39, 0.29) is 5.69 Å². The molecule has 0 aliphatic carbocycles. The lowest BCUT2D eigenvalue weighted by Crippen LogP contribution is -2.09. The van der Waals surface area contributed by atoms with Gasteiger partial charge in [0.25, 0.3) is 0 Å². The fourth-order valence-corrected chi connectivity index (χ4v) is 4.57. The second kappa shape index (κ2) is 9.30. The van der Waals surface area contributed by atoms with Gasteiger partial charge in [-0.3, -0.25) is 4.79 Å². The van der Waals surface area contributed by atoms with Crippen LogP contribution in [0.15, 0.2) is 83.5 Å². The van der Waals surface area contributed by atoms with Gasteiger partial charge < -0.3 is 14.5 Å². The minimum atomic E-state index is -1.03. The van der Waals surface area contributed by atoms with E-state index in [2.05, 4.69) is 29.6 Å². The van der Waals surface area contributed by atoms with Crippen LogP contribution in [0.1, 0.15) is 18.1 Å². The first-order valence-corrected chi connectivity index (χ1v) is 11.4. The van der Waals surface area contributed by atoms with Crippen molar-refractivity contribution in [2.75, 3.05) is 12.4 Å². The lowest BCUT2D eigenvalue weighted by atomic mass is 9.94. The molecule has 0 saturated heterocycles. The van der Waals surface area contributed by atoms with Crippen LogP contribution in [-0.4, -0.2) is 13.0 Å². The van der Waals surface area contributed by atoms with Gasteiger partial charge in [-0.15, -0.1) is 0 Å². The van der Waals surface area contributed by atoms with Crippen LogP contribution in [-0.2, 0) is 4.79 Å². The Morgan fingerprint density at radius 1 is 0.944 bits per heavy atom. The van der Waals surface area contributed by atoms with E-state index in [0.717, 1.165) is 50.5 Å². The zero-order valence-corrected chi connectivity index (χ0v) is 20.0. The Hall–Kier alpha value is -4.45. The lowest BCUT2D eigenvalue weighted by molar-refractivity contribution is -0.111. The Morgan fingerprint density at radius 2 is 1.72 bits per heavy atom. The molecule has 5 aromatic rings. The molecule has 180 valence electrons. The van der Waals surface area contributed by atoms with Crippen LogP contribution in [0.25, 0.3) is 38.4 Å². The Morgan fingerprint density at radius 3 is 2.50 bits per heavy atom. The molecule has 4 nitrogen and oxygen atoms in total. The highest BCUT2D eigenvalue weighted by Gasteiger charge is 2.19. The van der Waals surface area contributed by atoms with Crippen LogP contribution in [0, 0.1) is 18.6 Å². The summed E-state index contributed by atoms with van der Waals surface area (Å²) in [5.74, 6) is -1.89. The number of hydrogen-bond donors (Lipinski definition) is 1. The molecule has 0 spiro atoms. The largest absolute Gasteiger partial charge is 0.496 e. The number of carbonyl (C=O) groups is 1. The number of anilines is 1. The predicted molar refractivity (Wildman–Crippen MR) is 139 cm³/mol. The zero-order valence-electron chi connectivity index (χ0n) is 20.0. The van der Waals surface area contributed by atoms with E-state index < -0.39 is 17.5 Å². The molecule has 1 amide bonds. The van der Waals surface area contributed by atoms with Gasteiger partial charge in [-0.25, -0.2) is 8.78 Å². The first-order valence-electron chi connectivity index (χ1n) is 11.4. The SMILES string of the molecule is COc1c(/C(C)=C/C(=O)Nc2ccc(F)c(F)c2)cc2c(-c3cccc4ccccc34)coc2c1C. The highest BCUT2D eigenvalue weighted by atomic mass is 19.2. The number of furan rings is 1. The van der Waals surface area contributed by atoms with Crippen LogP contribution >= 0.6 is 0 Å². The van der Waals surface area contributed by atoms with Crippen LogP contribution in [0.3, 0.4) is 0 Å². The Bertz CT molecular complexity index is 1660. The van der Waals surface area contributed by atoms with Crippen molar-refractivity contribution < 1.29 is 22.7 Å². The Labute approximate surface area is 206 Å². The minimum absolute atomic E-state index is 0.162. The third-order valence-corrected chi connectivity index (χ3v) is 6.29. The number of amides is 1. The van der Waals surface area contributed by atoms with Crippen molar-refractivity contribution in [3.63, 3.8) is 0 Å². The number of hydrogen-bond acceptors (Lipinski definition) is 3. The van der Waals surface area contributed by atoms with Gasteiger partial charge in [0.15, 0.2) is 11.6 Å². The van der Waals surface area contributed by atoms with Crippen molar-refractivity contribution in [3.05, 3.63) is 102 Å². The van der Waals surface area contributed by atoms with Crippen molar-refractivity contribution in [1.29, 1.82) is 0 Å². The summed E-state index contributed by atoms with van der Waals surface area (Å²) in [4.78, 5) is 12.7. The summed E-state index contributed by atoms with van der Waals surface area (Å²) in [5, 5.41) is 5.70. The van der Waals surface area contributed by atoms with Gasteiger partial charge in [-0.2, -0.15) is 0 Å². The summed E-state index contributed by atoms with van der Waals surface area (Å²) < 4.78 is 38.4. The van der Waals surface area contributed by atoms with Crippen LogP contribution < -0.4 is 10.1 Å². The number of carbonyl (C=O) groups excluding carboxylic acids is 1. The second-order valence-electron chi connectivity index (χ2n) is 8.58. The van der Waals surface area contributed by atoms with Crippen molar-refractivity contribution in [1.82, 2.24) is 0 Å². The molecule has 0 bridgehead atoms. The number of aryl methyl sites for hydroxylation is 1. The van der Waals surface area contributed by atoms with Crippen molar-refractivity contribution in [2.45, 2.75) is 13.8 Å². The fraction of sp³-hybridized carbons (Fsp3) is 0.100. The number of benzene rings is 4. The smallest absolute Gasteiger partial charge is 0.248 e. The molecule has 0 aliphatic rings. The summed E-state index contributed by atoms with van der Waals surface area (Å²) in [6.07, 6.45) is 3.15. The quantitative estimate of drug-likeness (QED) is 0.259. The fourth-order valence-electron chi connectivity index (χ4n) is 4.57. The molecule has 4 aromatic carbocycles. The molecule has 6 heteroatoms. The number of rotatable bonds is 5. The molecule has 0 unspecified atom stereocenters. The van der Waals surface area contributed by atoms with Gasteiger partial charge in [0.05, 0.1) is 13.4 Å². The van der Waals surface area contributed by atoms with E-state index in [1.165, 1.54) is 12.1 Å². The number of methoxy groups -OCH3 is 1. The molecule has 0 fully saturated rings. The molecule has 5 rings (SSSR count). The number of halogens is 2. The normalized spacial score (nSPS) is 11.8. The summed E-state index contributed by atoms with van der Waals surface area (Å²) in [5.41, 5.74) is 5.03. The van der Waals surface area contributed by atoms with Crippen LogP contribution in [0.4, 0.5) is 14.5 Å². The molecule has 1 heterocycles. The lowest BCUT2D eigenvalue weighted by Gasteiger charge is -2.14. The highest BCUT2D eigenvalue weighted by molar-refractivity contribution is 6.08. The molecule has 0 aliphatic heterocycles. The van der Waals surface area contributed by atoms with E-state index in [4.69, 9.17) is 9.15 Å². The monoisotopic (exact) mass is 483 g/mol. The summed E-state index contributed by atoms with van der Waals surface area (Å²) >= 11 is 0. The van der Waals surface area contributed by atoms with Gasteiger partial charge in [0.2, 0.25) is 5.91 Å². The van der Waals surface area contributed by atoms with E-state index in [9.17, 15) is 13.6 Å². The third-order valence-electron chi connectivity index (χ3n) is 6.29. The molecular formula is C30H23F2NO3. The molecule has 0 atom stereocenters. The average Bonchev–Trinajstić information content (AvgIpc) is 3.30. The number of nitrogens with one attached hydrogen (secondary N) is 1. The predicted octanol–water partition coefficient (Wildman–Crippen LogP) is 7.89. The van der Waals surface area contributed by atoms with Gasteiger partial charge in [0, 0.05) is 39.9 Å². The highest BCUT2D eigenvalue weighted by Crippen LogP contribution is 2.42. The molecule has 0 radical (unpaired) electrons. The number of fused-ring (bicyclic) bond motifs is 2. The Kier molecular flexibility index (Phi) is 6.02. The van der Waals surface area contributed by atoms with Gasteiger partial charge in [-0.05, 0) is 54.0 Å². The number of ether oxygens (including phenoxy) is 1. The average molecular weight is 484 g/mol. The summed E-state index contributed by atoms with van der Waals surface area (Å²) in [6, 6.07) is 19.5. The topological polar surface area (TPSA) is 51.5 Å². The summed E-state index contributed by atoms with van der Waals surface area (Å²) in [6.45, 7) is 3.71. The second-order valence-corrected chi connectivity index (χ2v) is 8.58. The van der Waals surface area contributed by atoms with E-state index in [0.29, 0.717) is 16.9 Å². The maximum absolute atomic E-state index is 13.5. The number of allylic oxidation sites excluding steroid dienone is 1. The molecule has 0 saturated carbocycles. The van der Waals surface area contributed by atoms with E-state index in [1.807, 2.05) is 31.2 Å². The van der Waals surface area contributed by atoms with Gasteiger partial charge in [0.1, 0.15) is 11.3 Å². The third kappa shape index (κ3) is 4.11. The minimum Gasteiger partial charge on any atom is -0.496 e. The van der Waals surface area contributed by atoms with Crippen molar-refractivity contribution in [3.8, 4) is 16.9 Å². The van der Waals surface area contributed by atoms with Crippen molar-refractivity contribution >= 4 is 38.9 Å².